The second-order valence-electron chi connectivity index (χ2n) is 9.68. The average Bonchev–Trinajstić information content (AvgIpc) is 3.63. The number of aliphatic hydroxyl groups excluding tert-OH is 3. The normalized spacial score (nSPS) is 25.4. The first kappa shape index (κ1) is 28.1. The Morgan fingerprint density at radius 2 is 2.03 bits per heavy atom. The highest BCUT2D eigenvalue weighted by Gasteiger charge is 2.45. The number of hydrogen-bond acceptors (Lipinski definition) is 8. The molecule has 204 valence electrons. The van der Waals surface area contributed by atoms with Gasteiger partial charge in [0.15, 0.2) is 11.5 Å². The summed E-state index contributed by atoms with van der Waals surface area (Å²) in [6, 6.07) is 2.72. The molecule has 4 atom stereocenters. The first-order valence-corrected chi connectivity index (χ1v) is 13.8. The monoisotopic (exact) mass is 630 g/mol. The largest absolute Gasteiger partial charge is 0.493 e. The first-order chi connectivity index (χ1) is 17.9. The van der Waals surface area contributed by atoms with E-state index in [-0.39, 0.29) is 50.0 Å². The molecule has 2 aliphatic carbocycles. The molecule has 2 amide bonds. The molecule has 2 fully saturated rings. The molecule has 1 aliphatic heterocycles. The van der Waals surface area contributed by atoms with Crippen molar-refractivity contribution in [2.24, 2.45) is 5.92 Å². The molecule has 0 bridgehead atoms. The number of hydrogen-bond donors (Lipinski definition) is 4. The molecule has 1 aromatic rings. The second-order valence-corrected chi connectivity index (χ2v) is 10.8. The molecule has 3 aliphatic rings. The standard InChI is InChI=1S/C26H35IN2O8/c1-35-22-10-15(14-31)9-19(27)24(22)37-21-12-17(25(33)28-6-7-30)11-20(23(21)32)29(26(34)16-4-5-16)13-18-3-2-8-36-18/h9-10,12,16,18,20-21,23,30-32H,2-8,11,13-14H2,1H3,(H,28,33)/t18-,20+,21-,23-/m0/s1. The number of aliphatic hydroxyl groups is 3. The molecular formula is C26H35IN2O8. The molecule has 1 heterocycles. The third kappa shape index (κ3) is 6.75. The lowest BCUT2D eigenvalue weighted by Gasteiger charge is -2.41. The van der Waals surface area contributed by atoms with Crippen molar-refractivity contribution in [1.29, 1.82) is 0 Å². The van der Waals surface area contributed by atoms with Crippen LogP contribution in [0.15, 0.2) is 23.8 Å². The van der Waals surface area contributed by atoms with Crippen molar-refractivity contribution >= 4 is 34.4 Å². The highest BCUT2D eigenvalue weighted by Crippen LogP contribution is 2.38. The molecular weight excluding hydrogens is 595 g/mol. The van der Waals surface area contributed by atoms with Gasteiger partial charge in [-0.2, -0.15) is 0 Å². The van der Waals surface area contributed by atoms with Gasteiger partial charge in [0.1, 0.15) is 12.2 Å². The molecule has 0 radical (unpaired) electrons. The number of nitrogens with zero attached hydrogens (tertiary/aromatic N) is 1. The maximum atomic E-state index is 13.4. The first-order valence-electron chi connectivity index (χ1n) is 12.7. The molecule has 0 aromatic heterocycles. The lowest BCUT2D eigenvalue weighted by atomic mass is 9.87. The third-order valence-corrected chi connectivity index (χ3v) is 7.78. The number of benzene rings is 1. The van der Waals surface area contributed by atoms with Crippen LogP contribution in [-0.2, 0) is 20.9 Å². The summed E-state index contributed by atoms with van der Waals surface area (Å²) in [5.41, 5.74) is 1.02. The zero-order valence-corrected chi connectivity index (χ0v) is 23.1. The highest BCUT2D eigenvalue weighted by molar-refractivity contribution is 14.1. The lowest BCUT2D eigenvalue weighted by Crippen LogP contribution is -2.57. The summed E-state index contributed by atoms with van der Waals surface area (Å²) in [7, 11) is 1.49. The Morgan fingerprint density at radius 1 is 1.24 bits per heavy atom. The lowest BCUT2D eigenvalue weighted by molar-refractivity contribution is -0.142. The zero-order valence-electron chi connectivity index (χ0n) is 20.9. The maximum absolute atomic E-state index is 13.4. The van der Waals surface area contributed by atoms with Gasteiger partial charge in [-0.3, -0.25) is 9.59 Å². The summed E-state index contributed by atoms with van der Waals surface area (Å²) >= 11 is 2.07. The van der Waals surface area contributed by atoms with Crippen LogP contribution in [0.3, 0.4) is 0 Å². The summed E-state index contributed by atoms with van der Waals surface area (Å²) < 4.78 is 18.2. The smallest absolute Gasteiger partial charge is 0.247 e. The van der Waals surface area contributed by atoms with Gasteiger partial charge in [-0.1, -0.05) is 0 Å². The Morgan fingerprint density at radius 3 is 2.65 bits per heavy atom. The Kier molecular flexibility index (Phi) is 9.67. The summed E-state index contributed by atoms with van der Waals surface area (Å²) in [5, 5.41) is 33.0. The number of amides is 2. The van der Waals surface area contributed by atoms with Crippen LogP contribution in [0.25, 0.3) is 0 Å². The van der Waals surface area contributed by atoms with Crippen molar-refractivity contribution in [3.05, 3.63) is 32.9 Å². The van der Waals surface area contributed by atoms with Crippen LogP contribution in [0.1, 0.15) is 37.7 Å². The fraction of sp³-hybridized carbons (Fsp3) is 0.615. The van der Waals surface area contributed by atoms with E-state index in [0.29, 0.717) is 39.4 Å². The van der Waals surface area contributed by atoms with E-state index < -0.39 is 18.2 Å². The molecule has 0 spiro atoms. The van der Waals surface area contributed by atoms with Crippen LogP contribution in [0, 0.1) is 9.49 Å². The van der Waals surface area contributed by atoms with Crippen molar-refractivity contribution in [3.63, 3.8) is 0 Å². The van der Waals surface area contributed by atoms with Crippen molar-refractivity contribution in [3.8, 4) is 11.5 Å². The van der Waals surface area contributed by atoms with Gasteiger partial charge in [-0.05, 0) is 72.0 Å². The molecule has 11 heteroatoms. The van der Waals surface area contributed by atoms with E-state index in [4.69, 9.17) is 14.2 Å². The summed E-state index contributed by atoms with van der Waals surface area (Å²) in [6.07, 6.45) is 2.95. The van der Waals surface area contributed by atoms with Crippen LogP contribution >= 0.6 is 22.6 Å². The van der Waals surface area contributed by atoms with Gasteiger partial charge >= 0.3 is 0 Å². The predicted octanol–water partition coefficient (Wildman–Crippen LogP) is 1.13. The fourth-order valence-electron chi connectivity index (χ4n) is 4.86. The number of methoxy groups -OCH3 is 1. The molecule has 4 rings (SSSR count). The minimum Gasteiger partial charge on any atom is -0.493 e. The molecule has 0 unspecified atom stereocenters. The van der Waals surface area contributed by atoms with Crippen LogP contribution in [0.2, 0.25) is 0 Å². The van der Waals surface area contributed by atoms with Gasteiger partial charge < -0.3 is 39.7 Å². The molecule has 1 saturated carbocycles. The molecule has 4 N–H and O–H groups in total. The van der Waals surface area contributed by atoms with Crippen molar-refractivity contribution in [1.82, 2.24) is 10.2 Å². The van der Waals surface area contributed by atoms with Crippen LogP contribution in [-0.4, -0.2) is 89.8 Å². The Balaban J connectivity index is 1.67. The van der Waals surface area contributed by atoms with Crippen molar-refractivity contribution < 1.29 is 39.1 Å². The Bertz CT molecular complexity index is 1010. The van der Waals surface area contributed by atoms with Gasteiger partial charge in [0.05, 0.1) is 36.0 Å². The molecule has 37 heavy (non-hydrogen) atoms. The number of carbonyl (C=O) groups is 2. The summed E-state index contributed by atoms with van der Waals surface area (Å²) in [5.74, 6) is 0.269. The zero-order chi connectivity index (χ0) is 26.5. The minimum atomic E-state index is -1.11. The van der Waals surface area contributed by atoms with E-state index in [9.17, 15) is 24.9 Å². The highest BCUT2D eigenvalue weighted by atomic mass is 127. The number of nitrogens with one attached hydrogen (secondary N) is 1. The van der Waals surface area contributed by atoms with E-state index in [1.165, 1.54) is 7.11 Å². The minimum absolute atomic E-state index is 0.0326. The third-order valence-electron chi connectivity index (χ3n) is 6.97. The van der Waals surface area contributed by atoms with Crippen molar-refractivity contribution in [2.45, 2.75) is 63.1 Å². The molecule has 1 aromatic carbocycles. The van der Waals surface area contributed by atoms with Gasteiger partial charge in [0.2, 0.25) is 11.8 Å². The number of halogens is 1. The number of ether oxygens (including phenoxy) is 3. The average molecular weight is 630 g/mol. The van der Waals surface area contributed by atoms with Crippen LogP contribution in [0.4, 0.5) is 0 Å². The maximum Gasteiger partial charge on any atom is 0.247 e. The van der Waals surface area contributed by atoms with E-state index >= 15 is 0 Å². The SMILES string of the molecule is COc1cc(CO)cc(I)c1O[C@H]1C=C(C(=O)NCCO)C[C@@H](N(C[C@@H]2CCCO2)C(=O)C2CC2)[C@@H]1O. The topological polar surface area (TPSA) is 138 Å². The molecule has 10 nitrogen and oxygen atoms in total. The Labute approximate surface area is 230 Å². The van der Waals surface area contributed by atoms with E-state index in [2.05, 4.69) is 27.9 Å². The quantitative estimate of drug-likeness (QED) is 0.267. The predicted molar refractivity (Wildman–Crippen MR) is 142 cm³/mol. The van der Waals surface area contributed by atoms with E-state index in [1.54, 1.807) is 23.1 Å². The summed E-state index contributed by atoms with van der Waals surface area (Å²) in [4.78, 5) is 28.0. The van der Waals surface area contributed by atoms with E-state index in [0.717, 1.165) is 25.7 Å². The van der Waals surface area contributed by atoms with Crippen LogP contribution < -0.4 is 14.8 Å². The summed E-state index contributed by atoms with van der Waals surface area (Å²) in [6.45, 7) is 0.706. The van der Waals surface area contributed by atoms with Crippen molar-refractivity contribution in [2.75, 3.05) is 33.4 Å². The fourth-order valence-corrected chi connectivity index (χ4v) is 5.65. The Hall–Kier alpha value is -1.93. The van der Waals surface area contributed by atoms with Crippen LogP contribution in [0.5, 0.6) is 11.5 Å². The van der Waals surface area contributed by atoms with Gasteiger partial charge in [-0.25, -0.2) is 0 Å². The second kappa shape index (κ2) is 12.7. The molecule has 1 saturated heterocycles. The van der Waals surface area contributed by atoms with Gasteiger partial charge in [-0.15, -0.1) is 0 Å². The van der Waals surface area contributed by atoms with Gasteiger partial charge in [0, 0.05) is 37.6 Å². The number of rotatable bonds is 11. The van der Waals surface area contributed by atoms with E-state index in [1.807, 2.05) is 0 Å². The number of carbonyl (C=O) groups excluding carboxylic acids is 2. The van der Waals surface area contributed by atoms with Gasteiger partial charge in [0.25, 0.3) is 0 Å².